The van der Waals surface area contributed by atoms with E-state index in [1.807, 2.05) is 37.3 Å². The summed E-state index contributed by atoms with van der Waals surface area (Å²) in [6, 6.07) is 12.6. The normalized spacial score (nSPS) is 26.7. The average Bonchev–Trinajstić information content (AvgIpc) is 2.76. The average molecular weight is 412 g/mol. The molecule has 0 amide bonds. The number of ether oxygens (including phenoxy) is 1. The Morgan fingerprint density at radius 3 is 2.13 bits per heavy atom. The van der Waals surface area contributed by atoms with Gasteiger partial charge in [-0.15, -0.1) is 0 Å². The molecule has 1 nitrogen and oxygen atoms in total. The van der Waals surface area contributed by atoms with Crippen LogP contribution in [-0.4, -0.2) is 19.5 Å². The smallest absolute Gasteiger partial charge is 0.165 e. The van der Waals surface area contributed by atoms with Gasteiger partial charge in [0.25, 0.3) is 0 Å². The highest BCUT2D eigenvalue weighted by Crippen LogP contribution is 2.43. The number of methoxy groups -OCH3 is 1. The summed E-state index contributed by atoms with van der Waals surface area (Å²) in [5.74, 6) is 0.160. The number of allylic oxidation sites excluding steroid dienone is 4. The second-order valence-corrected chi connectivity index (χ2v) is 8.40. The number of hydrogen-bond acceptors (Lipinski definition) is 1. The third-order valence-electron chi connectivity index (χ3n) is 6.56. The van der Waals surface area contributed by atoms with Crippen LogP contribution in [0.3, 0.4) is 0 Å². The molecule has 2 aliphatic carbocycles. The summed E-state index contributed by atoms with van der Waals surface area (Å²) >= 11 is 0. The molecule has 0 bridgehead atoms. The lowest BCUT2D eigenvalue weighted by Gasteiger charge is -2.34. The molecule has 0 N–H and O–H groups in total. The molecule has 0 aromatic heterocycles. The molecule has 2 unspecified atom stereocenters. The summed E-state index contributed by atoms with van der Waals surface area (Å²) in [6.07, 6.45) is 3.53. The third-order valence-corrected chi connectivity index (χ3v) is 6.56. The number of rotatable bonds is 4. The Morgan fingerprint density at radius 2 is 1.50 bits per heavy atom. The molecule has 0 saturated heterocycles. The summed E-state index contributed by atoms with van der Waals surface area (Å²) < 4.78 is 49.0. The standard InChI is InChI=1S/C26H27F3O/c1-16-3-5-18(6-4-16)21-12-13-22(26(29)25(21)28)19-9-7-17(8-10-19)20-11-14-24(30-2)23(27)15-20/h3-6,11-15,17,19,25-26H,7-10H2,1-2H3. The molecule has 0 radical (unpaired) electrons. The van der Waals surface area contributed by atoms with Crippen LogP contribution in [0.2, 0.25) is 0 Å². The Kier molecular flexibility index (Phi) is 6.03. The van der Waals surface area contributed by atoms with E-state index in [1.54, 1.807) is 18.2 Å². The van der Waals surface area contributed by atoms with Crippen molar-refractivity contribution in [2.45, 2.75) is 50.9 Å². The molecule has 4 rings (SSSR count). The lowest BCUT2D eigenvalue weighted by Crippen LogP contribution is -2.29. The van der Waals surface area contributed by atoms with Gasteiger partial charge in [0.15, 0.2) is 23.9 Å². The Bertz CT molecular complexity index is 953. The van der Waals surface area contributed by atoms with Gasteiger partial charge in [0.05, 0.1) is 7.11 Å². The zero-order valence-electron chi connectivity index (χ0n) is 17.4. The minimum atomic E-state index is -1.64. The highest BCUT2D eigenvalue weighted by atomic mass is 19.2. The van der Waals surface area contributed by atoms with E-state index < -0.39 is 12.3 Å². The molecule has 0 heterocycles. The molecule has 2 aromatic carbocycles. The van der Waals surface area contributed by atoms with E-state index in [4.69, 9.17) is 4.74 Å². The Balaban J connectivity index is 1.46. The van der Waals surface area contributed by atoms with Gasteiger partial charge in [0.2, 0.25) is 0 Å². The molecule has 4 heteroatoms. The zero-order chi connectivity index (χ0) is 21.3. The maximum absolute atomic E-state index is 15.0. The first-order valence-electron chi connectivity index (χ1n) is 10.6. The first-order valence-corrected chi connectivity index (χ1v) is 10.6. The minimum Gasteiger partial charge on any atom is -0.494 e. The second-order valence-electron chi connectivity index (χ2n) is 8.40. The van der Waals surface area contributed by atoms with E-state index in [1.165, 1.54) is 13.2 Å². The van der Waals surface area contributed by atoms with E-state index in [2.05, 4.69) is 0 Å². The first-order chi connectivity index (χ1) is 14.5. The Hall–Kier alpha value is -2.49. The third kappa shape index (κ3) is 4.05. The van der Waals surface area contributed by atoms with Gasteiger partial charge in [-0.25, -0.2) is 13.2 Å². The van der Waals surface area contributed by atoms with Gasteiger partial charge < -0.3 is 4.74 Å². The van der Waals surface area contributed by atoms with Crippen molar-refractivity contribution in [2.75, 3.05) is 7.11 Å². The Labute approximate surface area is 176 Å². The fourth-order valence-corrected chi connectivity index (χ4v) is 4.76. The molecular formula is C26H27F3O. The van der Waals surface area contributed by atoms with E-state index in [9.17, 15) is 8.78 Å². The van der Waals surface area contributed by atoms with Crippen LogP contribution < -0.4 is 4.74 Å². The van der Waals surface area contributed by atoms with Gasteiger partial charge in [-0.2, -0.15) is 0 Å². The van der Waals surface area contributed by atoms with Crippen molar-refractivity contribution in [3.8, 4) is 5.75 Å². The van der Waals surface area contributed by atoms with Crippen molar-refractivity contribution in [3.63, 3.8) is 0 Å². The predicted molar refractivity (Wildman–Crippen MR) is 115 cm³/mol. The van der Waals surface area contributed by atoms with Crippen LogP contribution in [0.15, 0.2) is 60.2 Å². The molecule has 30 heavy (non-hydrogen) atoms. The summed E-state index contributed by atoms with van der Waals surface area (Å²) in [6.45, 7) is 1.97. The first kappa shape index (κ1) is 20.8. The van der Waals surface area contributed by atoms with Crippen LogP contribution in [-0.2, 0) is 0 Å². The van der Waals surface area contributed by atoms with Gasteiger partial charge in [-0.1, -0.05) is 48.0 Å². The Morgan fingerprint density at radius 1 is 0.833 bits per heavy atom. The molecular weight excluding hydrogens is 385 g/mol. The number of benzene rings is 2. The van der Waals surface area contributed by atoms with Gasteiger partial charge in [-0.3, -0.25) is 0 Å². The van der Waals surface area contributed by atoms with Crippen LogP contribution in [0.1, 0.15) is 48.3 Å². The highest BCUT2D eigenvalue weighted by Gasteiger charge is 2.36. The van der Waals surface area contributed by atoms with E-state index in [0.717, 1.165) is 42.4 Å². The molecule has 1 saturated carbocycles. The zero-order valence-corrected chi connectivity index (χ0v) is 17.4. The largest absolute Gasteiger partial charge is 0.494 e. The van der Waals surface area contributed by atoms with Crippen LogP contribution >= 0.6 is 0 Å². The molecule has 2 aromatic rings. The van der Waals surface area contributed by atoms with Gasteiger partial charge >= 0.3 is 0 Å². The fourth-order valence-electron chi connectivity index (χ4n) is 4.76. The van der Waals surface area contributed by atoms with Crippen molar-refractivity contribution in [1.82, 2.24) is 0 Å². The minimum absolute atomic E-state index is 0.0356. The topological polar surface area (TPSA) is 9.23 Å². The van der Waals surface area contributed by atoms with E-state index in [-0.39, 0.29) is 23.4 Å². The lowest BCUT2D eigenvalue weighted by molar-refractivity contribution is 0.214. The van der Waals surface area contributed by atoms with Crippen molar-refractivity contribution < 1.29 is 17.9 Å². The maximum Gasteiger partial charge on any atom is 0.165 e. The summed E-state index contributed by atoms with van der Waals surface area (Å²) in [5.41, 5.74) is 3.75. The van der Waals surface area contributed by atoms with Crippen molar-refractivity contribution >= 4 is 5.57 Å². The number of aryl methyl sites for hydroxylation is 1. The van der Waals surface area contributed by atoms with Crippen LogP contribution in [0.5, 0.6) is 5.75 Å². The van der Waals surface area contributed by atoms with Gasteiger partial charge in [-0.05, 0) is 78.8 Å². The van der Waals surface area contributed by atoms with Crippen molar-refractivity contribution in [3.05, 3.63) is 82.7 Å². The molecule has 158 valence electrons. The maximum atomic E-state index is 15.0. The van der Waals surface area contributed by atoms with Crippen molar-refractivity contribution in [1.29, 1.82) is 0 Å². The lowest BCUT2D eigenvalue weighted by atomic mass is 9.73. The SMILES string of the molecule is COc1ccc(C2CCC(C3=CC=C(c4ccc(C)cc4)C(F)C3F)CC2)cc1F. The van der Waals surface area contributed by atoms with Crippen molar-refractivity contribution in [2.24, 2.45) is 5.92 Å². The quantitative estimate of drug-likeness (QED) is 0.520. The second kappa shape index (κ2) is 8.71. The number of alkyl halides is 2. The van der Waals surface area contributed by atoms with Crippen LogP contribution in [0.25, 0.3) is 5.57 Å². The summed E-state index contributed by atoms with van der Waals surface area (Å²) in [7, 11) is 1.45. The number of halogens is 3. The van der Waals surface area contributed by atoms with Gasteiger partial charge in [0, 0.05) is 0 Å². The van der Waals surface area contributed by atoms with Crippen LogP contribution in [0, 0.1) is 18.7 Å². The molecule has 0 aliphatic heterocycles. The predicted octanol–water partition coefficient (Wildman–Crippen LogP) is 7.12. The van der Waals surface area contributed by atoms with E-state index in [0.29, 0.717) is 11.1 Å². The summed E-state index contributed by atoms with van der Waals surface area (Å²) in [5, 5.41) is 0. The fraction of sp³-hybridized carbons (Fsp3) is 0.385. The molecule has 0 spiro atoms. The molecule has 1 fully saturated rings. The summed E-state index contributed by atoms with van der Waals surface area (Å²) in [4.78, 5) is 0. The number of hydrogen-bond donors (Lipinski definition) is 0. The van der Waals surface area contributed by atoms with Crippen LogP contribution in [0.4, 0.5) is 13.2 Å². The monoisotopic (exact) mass is 412 g/mol. The molecule has 2 aliphatic rings. The van der Waals surface area contributed by atoms with E-state index >= 15 is 4.39 Å². The highest BCUT2D eigenvalue weighted by molar-refractivity contribution is 5.73. The molecule has 2 atom stereocenters. The van der Waals surface area contributed by atoms with Gasteiger partial charge in [0.1, 0.15) is 0 Å².